The van der Waals surface area contributed by atoms with E-state index in [2.05, 4.69) is 5.10 Å². The van der Waals surface area contributed by atoms with E-state index in [0.717, 1.165) is 28.3 Å². The number of benzene rings is 2. The molecule has 1 aromatic heterocycles. The van der Waals surface area contributed by atoms with Gasteiger partial charge in [0.1, 0.15) is 13.2 Å². The molecule has 1 aliphatic rings. The van der Waals surface area contributed by atoms with Crippen LogP contribution in [0, 0.1) is 6.92 Å². The Kier molecular flexibility index (Phi) is 5.02. The van der Waals surface area contributed by atoms with Gasteiger partial charge in [0.05, 0.1) is 0 Å². The summed E-state index contributed by atoms with van der Waals surface area (Å²) in [4.78, 5) is 15.0. The third-order valence-corrected chi connectivity index (χ3v) is 4.82. The monoisotopic (exact) mass is 377 g/mol. The molecule has 0 aliphatic carbocycles. The molecule has 4 rings (SSSR count). The molecular weight excluding hydrogens is 354 g/mol. The van der Waals surface area contributed by atoms with Gasteiger partial charge in [0.25, 0.3) is 5.91 Å². The van der Waals surface area contributed by atoms with Gasteiger partial charge < -0.3 is 14.4 Å². The molecular formula is C22H23N3O3. The highest BCUT2D eigenvalue weighted by atomic mass is 16.6. The number of amides is 1. The molecule has 0 saturated carbocycles. The summed E-state index contributed by atoms with van der Waals surface area (Å²) in [7, 11) is 1.84. The summed E-state index contributed by atoms with van der Waals surface area (Å²) in [6, 6.07) is 17.6. The van der Waals surface area contributed by atoms with Crippen molar-refractivity contribution in [3.8, 4) is 11.5 Å². The Morgan fingerprint density at radius 3 is 2.43 bits per heavy atom. The molecule has 0 spiro atoms. The molecule has 6 nitrogen and oxygen atoms in total. The molecule has 6 heteroatoms. The lowest BCUT2D eigenvalue weighted by Crippen LogP contribution is -2.30. The Hall–Kier alpha value is -3.28. The second-order valence-electron chi connectivity index (χ2n) is 6.92. The van der Waals surface area contributed by atoms with Gasteiger partial charge in [0.15, 0.2) is 17.2 Å². The molecule has 0 unspecified atom stereocenters. The van der Waals surface area contributed by atoms with E-state index in [1.807, 2.05) is 73.5 Å². The van der Waals surface area contributed by atoms with Gasteiger partial charge in [-0.2, -0.15) is 5.10 Å². The molecule has 1 amide bonds. The van der Waals surface area contributed by atoms with Crippen molar-refractivity contribution in [1.29, 1.82) is 0 Å². The van der Waals surface area contributed by atoms with Crippen LogP contribution in [0.3, 0.4) is 0 Å². The molecule has 28 heavy (non-hydrogen) atoms. The number of hydrogen-bond donors (Lipinski definition) is 0. The molecule has 0 bridgehead atoms. The highest BCUT2D eigenvalue weighted by Crippen LogP contribution is 2.31. The number of carbonyl (C=O) groups excluding carboxylic acids is 1. The number of fused-ring (bicyclic) bond motifs is 1. The van der Waals surface area contributed by atoms with Gasteiger partial charge in [0.2, 0.25) is 0 Å². The van der Waals surface area contributed by atoms with Crippen molar-refractivity contribution in [3.63, 3.8) is 0 Å². The number of ether oxygens (including phenoxy) is 2. The fraction of sp³-hybridized carbons (Fsp3) is 0.273. The molecule has 0 radical (unpaired) electrons. The van der Waals surface area contributed by atoms with Crippen LogP contribution in [0.15, 0.2) is 54.6 Å². The second kappa shape index (κ2) is 7.76. The van der Waals surface area contributed by atoms with Crippen LogP contribution in [-0.4, -0.2) is 33.8 Å². The molecule has 2 aromatic carbocycles. The minimum Gasteiger partial charge on any atom is -0.486 e. The van der Waals surface area contributed by atoms with Crippen molar-refractivity contribution in [2.45, 2.75) is 20.0 Å². The third-order valence-electron chi connectivity index (χ3n) is 4.82. The zero-order valence-electron chi connectivity index (χ0n) is 16.1. The highest BCUT2D eigenvalue weighted by molar-refractivity contribution is 5.92. The number of rotatable bonds is 5. The van der Waals surface area contributed by atoms with E-state index in [4.69, 9.17) is 9.47 Å². The zero-order chi connectivity index (χ0) is 19.5. The van der Waals surface area contributed by atoms with Crippen LogP contribution in [0.4, 0.5) is 0 Å². The highest BCUT2D eigenvalue weighted by Gasteiger charge is 2.21. The van der Waals surface area contributed by atoms with Crippen molar-refractivity contribution in [2.75, 3.05) is 13.2 Å². The summed E-state index contributed by atoms with van der Waals surface area (Å²) in [5, 5.41) is 4.37. The topological polar surface area (TPSA) is 56.6 Å². The van der Waals surface area contributed by atoms with E-state index < -0.39 is 0 Å². The Morgan fingerprint density at radius 2 is 1.71 bits per heavy atom. The van der Waals surface area contributed by atoms with E-state index >= 15 is 0 Å². The predicted molar refractivity (Wildman–Crippen MR) is 105 cm³/mol. The minimum atomic E-state index is -0.0950. The SMILES string of the molecule is Cc1cc(C(=O)N(Cc2ccccc2)Cc2ccc3c(c2)OCCO3)nn1C. The first-order valence-corrected chi connectivity index (χ1v) is 9.32. The molecule has 0 fully saturated rings. The lowest BCUT2D eigenvalue weighted by molar-refractivity contribution is 0.0723. The predicted octanol–water partition coefficient (Wildman–Crippen LogP) is 3.34. The molecule has 0 saturated heterocycles. The first-order valence-electron chi connectivity index (χ1n) is 9.32. The van der Waals surface area contributed by atoms with Crippen molar-refractivity contribution in [2.24, 2.45) is 7.05 Å². The summed E-state index contributed by atoms with van der Waals surface area (Å²) in [6.07, 6.45) is 0. The fourth-order valence-electron chi connectivity index (χ4n) is 3.24. The average molecular weight is 377 g/mol. The number of aryl methyl sites for hydroxylation is 2. The van der Waals surface area contributed by atoms with Gasteiger partial charge in [-0.1, -0.05) is 36.4 Å². The van der Waals surface area contributed by atoms with Crippen molar-refractivity contribution in [1.82, 2.24) is 14.7 Å². The summed E-state index contributed by atoms with van der Waals surface area (Å²) in [6.45, 7) is 4.00. The van der Waals surface area contributed by atoms with Crippen LogP contribution in [0.25, 0.3) is 0 Å². The van der Waals surface area contributed by atoms with Crippen LogP contribution in [-0.2, 0) is 20.1 Å². The van der Waals surface area contributed by atoms with E-state index in [9.17, 15) is 4.79 Å². The number of aromatic nitrogens is 2. The Labute approximate surface area is 164 Å². The quantitative estimate of drug-likeness (QED) is 0.684. The number of nitrogens with zero attached hydrogens (tertiary/aromatic N) is 3. The lowest BCUT2D eigenvalue weighted by atomic mass is 10.1. The van der Waals surface area contributed by atoms with Gasteiger partial charge in [-0.3, -0.25) is 9.48 Å². The van der Waals surface area contributed by atoms with E-state index in [1.165, 1.54) is 0 Å². The lowest BCUT2D eigenvalue weighted by Gasteiger charge is -2.24. The maximum atomic E-state index is 13.2. The Balaban J connectivity index is 1.61. The molecule has 0 atom stereocenters. The van der Waals surface area contributed by atoms with Crippen LogP contribution in [0.2, 0.25) is 0 Å². The Morgan fingerprint density at radius 1 is 1.00 bits per heavy atom. The van der Waals surface area contributed by atoms with Crippen LogP contribution in [0.5, 0.6) is 11.5 Å². The largest absolute Gasteiger partial charge is 0.486 e. The summed E-state index contributed by atoms with van der Waals surface area (Å²) in [5.74, 6) is 1.38. The first-order chi connectivity index (χ1) is 13.6. The van der Waals surface area contributed by atoms with Crippen LogP contribution >= 0.6 is 0 Å². The molecule has 144 valence electrons. The second-order valence-corrected chi connectivity index (χ2v) is 6.92. The normalized spacial score (nSPS) is 12.6. The molecule has 0 N–H and O–H groups in total. The standard InChI is InChI=1S/C22H23N3O3/c1-16-12-19(23-24(16)2)22(26)25(14-17-6-4-3-5-7-17)15-18-8-9-20-21(13-18)28-11-10-27-20/h3-9,12-13H,10-11,14-15H2,1-2H3. The van der Waals surface area contributed by atoms with E-state index in [1.54, 1.807) is 4.68 Å². The van der Waals surface area contributed by atoms with E-state index in [-0.39, 0.29) is 5.91 Å². The smallest absolute Gasteiger partial charge is 0.274 e. The van der Waals surface area contributed by atoms with Gasteiger partial charge in [-0.15, -0.1) is 0 Å². The van der Waals surface area contributed by atoms with Crippen molar-refractivity contribution < 1.29 is 14.3 Å². The maximum absolute atomic E-state index is 13.2. The summed E-state index contributed by atoms with van der Waals surface area (Å²) >= 11 is 0. The first kappa shape index (κ1) is 18.1. The van der Waals surface area contributed by atoms with Crippen LogP contribution < -0.4 is 9.47 Å². The van der Waals surface area contributed by atoms with Crippen LogP contribution in [0.1, 0.15) is 27.3 Å². The molecule has 3 aromatic rings. The summed E-state index contributed by atoms with van der Waals surface area (Å²) < 4.78 is 13.0. The average Bonchev–Trinajstić information content (AvgIpc) is 3.06. The summed E-state index contributed by atoms with van der Waals surface area (Å²) in [5.41, 5.74) is 3.46. The maximum Gasteiger partial charge on any atom is 0.274 e. The van der Waals surface area contributed by atoms with Gasteiger partial charge >= 0.3 is 0 Å². The Bertz CT molecular complexity index is 962. The van der Waals surface area contributed by atoms with Gasteiger partial charge in [0, 0.05) is 25.8 Å². The third kappa shape index (κ3) is 3.86. The van der Waals surface area contributed by atoms with Crippen molar-refractivity contribution >= 4 is 5.91 Å². The van der Waals surface area contributed by atoms with E-state index in [0.29, 0.717) is 32.0 Å². The molecule has 1 aliphatic heterocycles. The number of carbonyl (C=O) groups is 1. The van der Waals surface area contributed by atoms with Crippen molar-refractivity contribution in [3.05, 3.63) is 77.1 Å². The van der Waals surface area contributed by atoms with Gasteiger partial charge in [-0.05, 0) is 36.2 Å². The zero-order valence-corrected chi connectivity index (χ0v) is 16.1. The number of hydrogen-bond acceptors (Lipinski definition) is 4. The fourth-order valence-corrected chi connectivity index (χ4v) is 3.24. The molecule has 2 heterocycles. The minimum absolute atomic E-state index is 0.0950. The van der Waals surface area contributed by atoms with Gasteiger partial charge in [-0.25, -0.2) is 0 Å².